The molecule has 0 amide bonds. The highest BCUT2D eigenvalue weighted by molar-refractivity contribution is 7.00. The molecule has 0 atom stereocenters. The van der Waals surface area contributed by atoms with E-state index in [4.69, 9.17) is 0 Å². The lowest BCUT2D eigenvalue weighted by Crippen LogP contribution is -2.61. The first-order valence-corrected chi connectivity index (χ1v) is 30.6. The van der Waals surface area contributed by atoms with Gasteiger partial charge in [0, 0.05) is 43.8 Å². The van der Waals surface area contributed by atoms with Crippen molar-refractivity contribution in [1.82, 2.24) is 9.13 Å². The molecule has 0 bridgehead atoms. The molecule has 12 aromatic rings. The third kappa shape index (κ3) is 6.38. The van der Waals surface area contributed by atoms with E-state index < -0.39 is 5.41 Å². The Morgan fingerprint density at radius 1 is 0.354 bits per heavy atom. The first-order valence-electron chi connectivity index (χ1n) is 30.6. The van der Waals surface area contributed by atoms with Crippen molar-refractivity contribution in [2.24, 2.45) is 0 Å². The zero-order chi connectivity index (χ0) is 56.5. The molecule has 0 saturated heterocycles. The minimum atomic E-state index is -0.629. The van der Waals surface area contributed by atoms with Gasteiger partial charge in [-0.1, -0.05) is 224 Å². The number of aromatic nitrogens is 2. The van der Waals surface area contributed by atoms with Crippen LogP contribution < -0.4 is 16.4 Å². The van der Waals surface area contributed by atoms with Crippen molar-refractivity contribution in [1.29, 1.82) is 0 Å². The van der Waals surface area contributed by atoms with Crippen molar-refractivity contribution >= 4 is 77.5 Å². The van der Waals surface area contributed by atoms with Gasteiger partial charge in [-0.2, -0.15) is 0 Å². The molecule has 5 heterocycles. The maximum atomic E-state index is 2.82. The van der Waals surface area contributed by atoms with Crippen LogP contribution in [-0.4, -0.2) is 15.8 Å². The van der Waals surface area contributed by atoms with Crippen LogP contribution in [0.1, 0.15) is 176 Å². The van der Waals surface area contributed by atoms with Crippen molar-refractivity contribution < 1.29 is 0 Å². The fourth-order valence-electron chi connectivity index (χ4n) is 15.9. The lowest BCUT2D eigenvalue weighted by atomic mass is 9.33. The van der Waals surface area contributed by atoms with E-state index in [-0.39, 0.29) is 17.5 Å². The quantitative estimate of drug-likeness (QED) is 0.147. The van der Waals surface area contributed by atoms with Gasteiger partial charge in [-0.15, -0.1) is 0 Å². The Morgan fingerprint density at radius 2 is 0.841 bits per heavy atom. The SMILES string of the molecule is CC(C)c1ccc2c(c1)c1cc(C(C)C)cc3c1n2-c1c(-c2ccc(-c4cc(C(C)(C)C)cc(C(C)(C)C)c4)c4ccccc24)cc2c4c1B3c1cc(C(C)C)cc3c5cc(C(C)C)cc(c5n-4c13)C21c2ccccc2-c2ccccc21. The molecule has 1 aliphatic carbocycles. The van der Waals surface area contributed by atoms with Gasteiger partial charge < -0.3 is 9.13 Å². The van der Waals surface area contributed by atoms with Crippen LogP contribution in [0.5, 0.6) is 0 Å². The van der Waals surface area contributed by atoms with Crippen LogP contribution >= 0.6 is 0 Å². The van der Waals surface area contributed by atoms with Crippen molar-refractivity contribution in [3.8, 4) is 44.8 Å². The van der Waals surface area contributed by atoms with Crippen LogP contribution in [0.25, 0.3) is 99.1 Å². The number of hydrogen-bond donors (Lipinski definition) is 0. The van der Waals surface area contributed by atoms with Crippen molar-refractivity contribution in [3.05, 3.63) is 219 Å². The number of benzene rings is 10. The summed E-state index contributed by atoms with van der Waals surface area (Å²) in [5.41, 5.74) is 33.3. The zero-order valence-corrected chi connectivity index (χ0v) is 50.4. The van der Waals surface area contributed by atoms with Gasteiger partial charge in [0.05, 0.1) is 22.1 Å². The third-order valence-corrected chi connectivity index (χ3v) is 20.3. The summed E-state index contributed by atoms with van der Waals surface area (Å²) in [4.78, 5) is 0. The molecule has 0 saturated carbocycles. The summed E-state index contributed by atoms with van der Waals surface area (Å²) in [5.74, 6) is 1.39. The van der Waals surface area contributed by atoms with E-state index in [1.807, 2.05) is 0 Å². The maximum Gasteiger partial charge on any atom is 0.252 e. The Hall–Kier alpha value is -7.88. The van der Waals surface area contributed by atoms with Crippen LogP contribution in [0, 0.1) is 0 Å². The summed E-state index contributed by atoms with van der Waals surface area (Å²) in [6.45, 7) is 33.2. The minimum Gasteiger partial charge on any atom is -0.310 e. The topological polar surface area (TPSA) is 9.86 Å². The molecule has 0 radical (unpaired) electrons. The van der Waals surface area contributed by atoms with E-state index in [1.165, 1.54) is 171 Å². The summed E-state index contributed by atoms with van der Waals surface area (Å²) in [6.07, 6.45) is 0. The zero-order valence-electron chi connectivity index (χ0n) is 50.4. The van der Waals surface area contributed by atoms with Gasteiger partial charge in [-0.3, -0.25) is 0 Å². The monoisotopic (exact) mass is 1060 g/mol. The van der Waals surface area contributed by atoms with Crippen LogP contribution in [0.15, 0.2) is 164 Å². The smallest absolute Gasteiger partial charge is 0.252 e. The average Bonchev–Trinajstić information content (AvgIpc) is 3.64. The van der Waals surface area contributed by atoms with E-state index in [0.29, 0.717) is 23.7 Å². The Bertz CT molecular complexity index is 4760. The number of rotatable bonds is 6. The van der Waals surface area contributed by atoms with Crippen LogP contribution in [0.4, 0.5) is 0 Å². The average molecular weight is 1060 g/mol. The highest BCUT2D eigenvalue weighted by Crippen LogP contribution is 2.63. The molecular formula is C79H73BN2. The molecule has 3 heteroatoms. The molecule has 0 N–H and O–H groups in total. The van der Waals surface area contributed by atoms with Gasteiger partial charge in [0.25, 0.3) is 6.71 Å². The standard InChI is InChI=1S/C79H73BN2/c1-42(2)46-27-30-70-59(33-46)60-35-48(44(5)6)38-68-73(60)81(70)75-63(56-29-28-53(54-21-15-16-22-55(54)56)50-31-51(77(9,10)11)40-52(32-50)78(12,13)14)41-67-76-71(75)80(68)69-39-49(45(7)8)36-62-61-34-47(43(3)4)37-66(72(61)82(76)74(62)69)79(67)64-25-19-17-23-57(64)58-24-18-20-26-65(58)79/h15-45H,1-14H3. The Labute approximate surface area is 484 Å². The predicted octanol–water partition coefficient (Wildman–Crippen LogP) is 19.3. The van der Waals surface area contributed by atoms with Gasteiger partial charge >= 0.3 is 0 Å². The van der Waals surface area contributed by atoms with Crippen LogP contribution in [-0.2, 0) is 16.2 Å². The van der Waals surface area contributed by atoms with Gasteiger partial charge in [0.1, 0.15) is 0 Å². The highest BCUT2D eigenvalue weighted by atomic mass is 15.1. The molecule has 16 rings (SSSR count). The first-order chi connectivity index (χ1) is 39.2. The molecule has 2 aromatic heterocycles. The molecule has 2 nitrogen and oxygen atoms in total. The van der Waals surface area contributed by atoms with E-state index >= 15 is 0 Å². The summed E-state index contributed by atoms with van der Waals surface area (Å²) in [6, 6.07) is 66.6. The minimum absolute atomic E-state index is 0.0179. The van der Waals surface area contributed by atoms with E-state index in [2.05, 4.69) is 270 Å². The van der Waals surface area contributed by atoms with E-state index in [0.717, 1.165) is 0 Å². The van der Waals surface area contributed by atoms with E-state index in [1.54, 1.807) is 0 Å². The molecule has 4 aliphatic rings. The van der Waals surface area contributed by atoms with Gasteiger partial charge in [-0.25, -0.2) is 0 Å². The Morgan fingerprint density at radius 3 is 1.41 bits per heavy atom. The summed E-state index contributed by atoms with van der Waals surface area (Å²) >= 11 is 0. The Balaban J connectivity index is 1.16. The molecule has 402 valence electrons. The second kappa shape index (κ2) is 16.7. The summed E-state index contributed by atoms with van der Waals surface area (Å²) in [5, 5.41) is 8.03. The first kappa shape index (κ1) is 49.9. The largest absolute Gasteiger partial charge is 0.310 e. The van der Waals surface area contributed by atoms with Crippen molar-refractivity contribution in [3.63, 3.8) is 0 Å². The highest BCUT2D eigenvalue weighted by Gasteiger charge is 2.55. The molecule has 82 heavy (non-hydrogen) atoms. The van der Waals surface area contributed by atoms with Crippen LogP contribution in [0.2, 0.25) is 0 Å². The lowest BCUT2D eigenvalue weighted by molar-refractivity contribution is 0.569. The normalized spacial score (nSPS) is 14.5. The van der Waals surface area contributed by atoms with E-state index in [9.17, 15) is 0 Å². The third-order valence-electron chi connectivity index (χ3n) is 20.3. The summed E-state index contributed by atoms with van der Waals surface area (Å²) in [7, 11) is 0. The van der Waals surface area contributed by atoms with Crippen LogP contribution in [0.3, 0.4) is 0 Å². The Kier molecular flexibility index (Phi) is 10.1. The fourth-order valence-corrected chi connectivity index (χ4v) is 15.9. The molecular weight excluding hydrogens is 988 g/mol. The second-order valence-corrected chi connectivity index (χ2v) is 28.4. The molecule has 10 aromatic carbocycles. The molecule has 1 spiro atoms. The van der Waals surface area contributed by atoms with Gasteiger partial charge in [0.2, 0.25) is 0 Å². The van der Waals surface area contributed by atoms with Gasteiger partial charge in [0.15, 0.2) is 0 Å². The fraction of sp³-hybridized carbons (Fsp3) is 0.266. The van der Waals surface area contributed by atoms with Gasteiger partial charge in [-0.05, 0) is 182 Å². The molecule has 3 aliphatic heterocycles. The number of nitrogens with zero attached hydrogens (tertiary/aromatic N) is 2. The number of hydrogen-bond acceptors (Lipinski definition) is 0. The summed E-state index contributed by atoms with van der Waals surface area (Å²) < 4.78 is 5.59. The molecule has 0 unspecified atom stereocenters. The lowest BCUT2D eigenvalue weighted by Gasteiger charge is -2.45. The van der Waals surface area contributed by atoms with Crippen molar-refractivity contribution in [2.45, 2.75) is 137 Å². The predicted molar refractivity (Wildman–Crippen MR) is 353 cm³/mol. The molecule has 0 fully saturated rings. The second-order valence-electron chi connectivity index (χ2n) is 28.4. The number of fused-ring (bicyclic) bond motifs is 15. The van der Waals surface area contributed by atoms with Crippen molar-refractivity contribution in [2.75, 3.05) is 0 Å². The maximum absolute atomic E-state index is 2.82.